The van der Waals surface area contributed by atoms with Gasteiger partial charge >= 0.3 is 0 Å². The second kappa shape index (κ2) is 6.17. The van der Waals surface area contributed by atoms with E-state index in [0.29, 0.717) is 0 Å². The molecule has 0 radical (unpaired) electrons. The molecular weight excluding hydrogens is 288 g/mol. The highest BCUT2D eigenvalue weighted by molar-refractivity contribution is 8.00. The Morgan fingerprint density at radius 2 is 1.68 bits per heavy atom. The summed E-state index contributed by atoms with van der Waals surface area (Å²) < 4.78 is 0. The van der Waals surface area contributed by atoms with Crippen LogP contribution in [0.3, 0.4) is 0 Å². The summed E-state index contributed by atoms with van der Waals surface area (Å²) in [5.74, 6) is 0.954. The third-order valence-electron chi connectivity index (χ3n) is 4.37. The molecule has 1 fully saturated rings. The fraction of sp³-hybridized carbons (Fsp3) is 0.316. The van der Waals surface area contributed by atoms with Crippen LogP contribution >= 0.6 is 11.8 Å². The lowest BCUT2D eigenvalue weighted by Crippen LogP contribution is -2.07. The predicted octanol–water partition coefficient (Wildman–Crippen LogP) is 5.65. The standard InChI is InChI=1S/C19H20N2S/c1-2-6-15(7-3-1)22-16-12-10-14(11-13-16)19-20-17-8-4-5-9-18(17)21-19/h4-5,8-13,15H,1-3,6-7H2,(H,20,21). The number of aromatic amines is 1. The SMILES string of the molecule is c1ccc2[nH]c(-c3ccc(SC4CCCCC4)cc3)nc2c1. The first kappa shape index (κ1) is 13.9. The lowest BCUT2D eigenvalue weighted by molar-refractivity contribution is 0.516. The van der Waals surface area contributed by atoms with Crippen LogP contribution in [0.15, 0.2) is 53.4 Å². The van der Waals surface area contributed by atoms with Gasteiger partial charge in [0.1, 0.15) is 5.82 Å². The van der Waals surface area contributed by atoms with E-state index in [9.17, 15) is 0 Å². The Kier molecular flexibility index (Phi) is 3.90. The molecule has 4 rings (SSSR count). The summed E-state index contributed by atoms with van der Waals surface area (Å²) >= 11 is 2.04. The molecule has 0 amide bonds. The molecule has 2 nitrogen and oxygen atoms in total. The fourth-order valence-corrected chi connectivity index (χ4v) is 4.40. The average Bonchev–Trinajstić information content (AvgIpc) is 3.00. The number of rotatable bonds is 3. The molecule has 1 aliphatic carbocycles. The molecule has 112 valence electrons. The van der Waals surface area contributed by atoms with Crippen molar-refractivity contribution in [1.82, 2.24) is 9.97 Å². The lowest BCUT2D eigenvalue weighted by Gasteiger charge is -2.20. The maximum Gasteiger partial charge on any atom is 0.138 e. The van der Waals surface area contributed by atoms with Crippen molar-refractivity contribution in [3.8, 4) is 11.4 Å². The minimum atomic E-state index is 0.811. The first-order valence-electron chi connectivity index (χ1n) is 8.10. The number of para-hydroxylation sites is 2. The molecule has 22 heavy (non-hydrogen) atoms. The molecule has 3 heteroatoms. The monoisotopic (exact) mass is 308 g/mol. The molecule has 1 N–H and O–H groups in total. The van der Waals surface area contributed by atoms with Crippen molar-refractivity contribution in [2.75, 3.05) is 0 Å². The van der Waals surface area contributed by atoms with Crippen LogP contribution in [0.5, 0.6) is 0 Å². The number of fused-ring (bicyclic) bond motifs is 1. The quantitative estimate of drug-likeness (QED) is 0.677. The van der Waals surface area contributed by atoms with Gasteiger partial charge in [0.15, 0.2) is 0 Å². The predicted molar refractivity (Wildman–Crippen MR) is 94.3 cm³/mol. The number of imidazole rings is 1. The molecular formula is C19H20N2S. The molecule has 1 saturated carbocycles. The highest BCUT2D eigenvalue weighted by Crippen LogP contribution is 2.34. The van der Waals surface area contributed by atoms with E-state index >= 15 is 0 Å². The van der Waals surface area contributed by atoms with Gasteiger partial charge in [0.05, 0.1) is 11.0 Å². The molecule has 1 aromatic heterocycles. The van der Waals surface area contributed by atoms with E-state index in [0.717, 1.165) is 27.7 Å². The van der Waals surface area contributed by atoms with E-state index in [4.69, 9.17) is 0 Å². The van der Waals surface area contributed by atoms with E-state index in [1.54, 1.807) is 0 Å². The fourth-order valence-electron chi connectivity index (χ4n) is 3.16. The normalized spacial score (nSPS) is 16.2. The summed E-state index contributed by atoms with van der Waals surface area (Å²) in [4.78, 5) is 9.44. The minimum Gasteiger partial charge on any atom is -0.338 e. The Labute approximate surface area is 135 Å². The van der Waals surface area contributed by atoms with Gasteiger partial charge in [0.2, 0.25) is 0 Å². The van der Waals surface area contributed by atoms with E-state index in [1.165, 1.54) is 37.0 Å². The highest BCUT2D eigenvalue weighted by Gasteiger charge is 2.14. The topological polar surface area (TPSA) is 28.7 Å². The molecule has 3 aromatic rings. The van der Waals surface area contributed by atoms with E-state index in [2.05, 4.69) is 40.3 Å². The Balaban J connectivity index is 1.53. The van der Waals surface area contributed by atoms with Crippen molar-refractivity contribution >= 4 is 22.8 Å². The van der Waals surface area contributed by atoms with Crippen LogP contribution in [0.2, 0.25) is 0 Å². The van der Waals surface area contributed by atoms with Gasteiger partial charge in [-0.1, -0.05) is 43.5 Å². The minimum absolute atomic E-state index is 0.811. The molecule has 0 spiro atoms. The lowest BCUT2D eigenvalue weighted by atomic mass is 10.0. The number of hydrogen-bond donors (Lipinski definition) is 1. The largest absolute Gasteiger partial charge is 0.338 e. The van der Waals surface area contributed by atoms with Gasteiger partial charge in [-0.15, -0.1) is 11.8 Å². The Bertz CT molecular complexity index is 721. The van der Waals surface area contributed by atoms with Crippen molar-refractivity contribution in [2.45, 2.75) is 42.2 Å². The van der Waals surface area contributed by atoms with Crippen molar-refractivity contribution < 1.29 is 0 Å². The summed E-state index contributed by atoms with van der Waals surface area (Å²) in [5.41, 5.74) is 3.28. The maximum atomic E-state index is 4.67. The zero-order valence-corrected chi connectivity index (χ0v) is 13.4. The van der Waals surface area contributed by atoms with E-state index in [1.807, 2.05) is 30.0 Å². The van der Waals surface area contributed by atoms with Gasteiger partial charge < -0.3 is 4.98 Å². The third-order valence-corrected chi connectivity index (χ3v) is 5.72. The summed E-state index contributed by atoms with van der Waals surface area (Å²) in [6.45, 7) is 0. The number of nitrogens with zero attached hydrogens (tertiary/aromatic N) is 1. The van der Waals surface area contributed by atoms with E-state index < -0.39 is 0 Å². The zero-order valence-electron chi connectivity index (χ0n) is 12.6. The average molecular weight is 308 g/mol. The van der Waals surface area contributed by atoms with Crippen molar-refractivity contribution in [1.29, 1.82) is 0 Å². The van der Waals surface area contributed by atoms with Gasteiger partial charge in [-0.05, 0) is 37.1 Å². The number of hydrogen-bond acceptors (Lipinski definition) is 2. The van der Waals surface area contributed by atoms with Gasteiger partial charge in [-0.2, -0.15) is 0 Å². The van der Waals surface area contributed by atoms with Crippen LogP contribution in [-0.4, -0.2) is 15.2 Å². The van der Waals surface area contributed by atoms with Gasteiger partial charge in [-0.25, -0.2) is 4.98 Å². The maximum absolute atomic E-state index is 4.67. The molecule has 2 aromatic carbocycles. The summed E-state index contributed by atoms with van der Waals surface area (Å²) in [7, 11) is 0. The first-order valence-corrected chi connectivity index (χ1v) is 8.98. The molecule has 0 aliphatic heterocycles. The second-order valence-corrected chi connectivity index (χ2v) is 7.38. The number of nitrogens with one attached hydrogen (secondary N) is 1. The number of thioether (sulfide) groups is 1. The third kappa shape index (κ3) is 2.91. The van der Waals surface area contributed by atoms with Crippen molar-refractivity contribution in [3.05, 3.63) is 48.5 Å². The van der Waals surface area contributed by atoms with Crippen LogP contribution in [-0.2, 0) is 0 Å². The van der Waals surface area contributed by atoms with Gasteiger partial charge in [-0.3, -0.25) is 0 Å². The molecule has 0 unspecified atom stereocenters. The van der Waals surface area contributed by atoms with Crippen molar-refractivity contribution in [2.24, 2.45) is 0 Å². The van der Waals surface area contributed by atoms with Crippen LogP contribution < -0.4 is 0 Å². The Hall–Kier alpha value is -1.74. The molecule has 1 aliphatic rings. The van der Waals surface area contributed by atoms with Crippen LogP contribution in [0.4, 0.5) is 0 Å². The van der Waals surface area contributed by atoms with Crippen molar-refractivity contribution in [3.63, 3.8) is 0 Å². The van der Waals surface area contributed by atoms with Crippen LogP contribution in [0.25, 0.3) is 22.4 Å². The number of H-pyrrole nitrogens is 1. The number of benzene rings is 2. The summed E-state index contributed by atoms with van der Waals surface area (Å²) in [6.07, 6.45) is 6.96. The first-order chi connectivity index (χ1) is 10.9. The van der Waals surface area contributed by atoms with Gasteiger partial charge in [0, 0.05) is 15.7 Å². The van der Waals surface area contributed by atoms with E-state index in [-0.39, 0.29) is 0 Å². The Morgan fingerprint density at radius 1 is 0.909 bits per heavy atom. The zero-order chi connectivity index (χ0) is 14.8. The van der Waals surface area contributed by atoms with Crippen LogP contribution in [0.1, 0.15) is 32.1 Å². The highest BCUT2D eigenvalue weighted by atomic mass is 32.2. The molecule has 0 saturated heterocycles. The second-order valence-electron chi connectivity index (χ2n) is 6.00. The molecule has 1 heterocycles. The summed E-state index contributed by atoms with van der Waals surface area (Å²) in [6, 6.07) is 17.0. The van der Waals surface area contributed by atoms with Crippen LogP contribution in [0, 0.1) is 0 Å². The smallest absolute Gasteiger partial charge is 0.138 e. The number of aromatic nitrogens is 2. The molecule has 0 bridgehead atoms. The van der Waals surface area contributed by atoms with Gasteiger partial charge in [0.25, 0.3) is 0 Å². The summed E-state index contributed by atoms with van der Waals surface area (Å²) in [5, 5.41) is 0.811. The molecule has 0 atom stereocenters. The Morgan fingerprint density at radius 3 is 2.45 bits per heavy atom.